The summed E-state index contributed by atoms with van der Waals surface area (Å²) in [4.78, 5) is 14.5. The number of nitrogens with one attached hydrogen (secondary N) is 1. The van der Waals surface area contributed by atoms with Gasteiger partial charge in [0.15, 0.2) is 0 Å². The van der Waals surface area contributed by atoms with Crippen molar-refractivity contribution in [3.63, 3.8) is 0 Å². The van der Waals surface area contributed by atoms with Crippen LogP contribution in [0.25, 0.3) is 6.08 Å². The van der Waals surface area contributed by atoms with Gasteiger partial charge in [-0.3, -0.25) is 9.69 Å². The lowest BCUT2D eigenvalue weighted by molar-refractivity contribution is -0.116. The zero-order chi connectivity index (χ0) is 18.9. The highest BCUT2D eigenvalue weighted by molar-refractivity contribution is 5.91. The van der Waals surface area contributed by atoms with Crippen molar-refractivity contribution in [1.82, 2.24) is 10.2 Å². The number of benzene rings is 2. The standard InChI is InChI=1S/C23H28N2O2/c1-27-22-12-9-19(10-13-22)11-14-23(26)24-17-20-5-7-21(8-6-20)18-25-15-3-2-4-16-25/h5-14H,2-4,15-18H2,1H3,(H,24,26)/b14-11+. The van der Waals surface area contributed by atoms with Crippen LogP contribution in [0.15, 0.2) is 54.6 Å². The number of hydrogen-bond acceptors (Lipinski definition) is 3. The van der Waals surface area contributed by atoms with Crippen LogP contribution < -0.4 is 10.1 Å². The monoisotopic (exact) mass is 364 g/mol. The molecular formula is C23H28N2O2. The Morgan fingerprint density at radius 1 is 1.00 bits per heavy atom. The lowest BCUT2D eigenvalue weighted by Crippen LogP contribution is -2.29. The van der Waals surface area contributed by atoms with Gasteiger partial charge >= 0.3 is 0 Å². The first kappa shape index (κ1) is 19.2. The van der Waals surface area contributed by atoms with Gasteiger partial charge in [-0.05, 0) is 60.8 Å². The van der Waals surface area contributed by atoms with Crippen molar-refractivity contribution in [3.05, 3.63) is 71.3 Å². The van der Waals surface area contributed by atoms with E-state index in [2.05, 4.69) is 34.5 Å². The summed E-state index contributed by atoms with van der Waals surface area (Å²) in [5, 5.41) is 2.93. The van der Waals surface area contributed by atoms with Gasteiger partial charge < -0.3 is 10.1 Å². The highest BCUT2D eigenvalue weighted by atomic mass is 16.5. The van der Waals surface area contributed by atoms with Gasteiger partial charge in [0.25, 0.3) is 0 Å². The van der Waals surface area contributed by atoms with Crippen molar-refractivity contribution in [2.24, 2.45) is 0 Å². The number of hydrogen-bond donors (Lipinski definition) is 1. The molecule has 0 unspecified atom stereocenters. The summed E-state index contributed by atoms with van der Waals surface area (Å²) in [5.41, 5.74) is 3.42. The smallest absolute Gasteiger partial charge is 0.244 e. The number of methoxy groups -OCH3 is 1. The summed E-state index contributed by atoms with van der Waals surface area (Å²) in [6, 6.07) is 16.1. The number of carbonyl (C=O) groups excluding carboxylic acids is 1. The molecule has 4 heteroatoms. The first-order valence-electron chi connectivity index (χ1n) is 9.63. The van der Waals surface area contributed by atoms with E-state index < -0.39 is 0 Å². The second-order valence-corrected chi connectivity index (χ2v) is 6.98. The van der Waals surface area contributed by atoms with Crippen molar-refractivity contribution >= 4 is 12.0 Å². The third-order valence-electron chi connectivity index (χ3n) is 4.89. The molecule has 27 heavy (non-hydrogen) atoms. The van der Waals surface area contributed by atoms with Gasteiger partial charge in [0.05, 0.1) is 7.11 Å². The highest BCUT2D eigenvalue weighted by Crippen LogP contribution is 2.14. The van der Waals surface area contributed by atoms with Crippen molar-refractivity contribution in [1.29, 1.82) is 0 Å². The summed E-state index contributed by atoms with van der Waals surface area (Å²) >= 11 is 0. The van der Waals surface area contributed by atoms with E-state index in [1.165, 1.54) is 37.9 Å². The largest absolute Gasteiger partial charge is 0.497 e. The van der Waals surface area contributed by atoms with E-state index >= 15 is 0 Å². The molecule has 142 valence electrons. The molecule has 1 N–H and O–H groups in total. The van der Waals surface area contributed by atoms with Crippen molar-refractivity contribution in [2.45, 2.75) is 32.4 Å². The lowest BCUT2D eigenvalue weighted by Gasteiger charge is -2.26. The fraction of sp³-hybridized carbons (Fsp3) is 0.348. The zero-order valence-electron chi connectivity index (χ0n) is 16.0. The second kappa shape index (κ2) is 9.93. The summed E-state index contributed by atoms with van der Waals surface area (Å²) in [7, 11) is 1.64. The topological polar surface area (TPSA) is 41.6 Å². The van der Waals surface area contributed by atoms with Crippen LogP contribution in [0.5, 0.6) is 5.75 Å². The van der Waals surface area contributed by atoms with Gasteiger partial charge in [-0.1, -0.05) is 42.8 Å². The first-order chi connectivity index (χ1) is 13.2. The lowest BCUT2D eigenvalue weighted by atomic mass is 10.1. The fourth-order valence-electron chi connectivity index (χ4n) is 3.27. The predicted molar refractivity (Wildman–Crippen MR) is 109 cm³/mol. The van der Waals surface area contributed by atoms with Gasteiger partial charge in [-0.2, -0.15) is 0 Å². The SMILES string of the molecule is COc1ccc(/C=C/C(=O)NCc2ccc(CN3CCCCC3)cc2)cc1. The quantitative estimate of drug-likeness (QED) is 0.755. The Labute approximate surface area is 161 Å². The van der Waals surface area contributed by atoms with Crippen molar-refractivity contribution in [2.75, 3.05) is 20.2 Å². The van der Waals surface area contributed by atoms with Crippen LogP contribution in [0.4, 0.5) is 0 Å². The Morgan fingerprint density at radius 2 is 1.67 bits per heavy atom. The van der Waals surface area contributed by atoms with Gasteiger partial charge in [0.2, 0.25) is 5.91 Å². The maximum absolute atomic E-state index is 12.0. The van der Waals surface area contributed by atoms with E-state index in [4.69, 9.17) is 4.74 Å². The van der Waals surface area contributed by atoms with E-state index in [0.717, 1.165) is 23.4 Å². The number of piperidine rings is 1. The molecule has 1 aliphatic heterocycles. The number of nitrogens with zero attached hydrogens (tertiary/aromatic N) is 1. The fourth-order valence-corrected chi connectivity index (χ4v) is 3.27. The third kappa shape index (κ3) is 6.26. The Hall–Kier alpha value is -2.59. The van der Waals surface area contributed by atoms with Crippen molar-refractivity contribution in [3.8, 4) is 5.75 Å². The zero-order valence-corrected chi connectivity index (χ0v) is 16.0. The number of amides is 1. The molecule has 0 bridgehead atoms. The van der Waals surface area contributed by atoms with Crippen LogP contribution in [0, 0.1) is 0 Å². The van der Waals surface area contributed by atoms with Gasteiger partial charge in [0.1, 0.15) is 5.75 Å². The molecule has 1 amide bonds. The molecule has 0 saturated carbocycles. The van der Waals surface area contributed by atoms with Crippen LogP contribution in [0.1, 0.15) is 36.0 Å². The number of carbonyl (C=O) groups is 1. The number of ether oxygens (including phenoxy) is 1. The van der Waals surface area contributed by atoms with Crippen LogP contribution in [0.2, 0.25) is 0 Å². The molecule has 2 aromatic carbocycles. The summed E-state index contributed by atoms with van der Waals surface area (Å²) in [5.74, 6) is 0.712. The minimum absolute atomic E-state index is 0.0942. The third-order valence-corrected chi connectivity index (χ3v) is 4.89. The van der Waals surface area contributed by atoms with Gasteiger partial charge in [0, 0.05) is 19.2 Å². The van der Waals surface area contributed by atoms with Crippen LogP contribution in [-0.4, -0.2) is 31.0 Å². The molecule has 3 rings (SSSR count). The minimum Gasteiger partial charge on any atom is -0.497 e. The maximum Gasteiger partial charge on any atom is 0.244 e. The normalized spacial score (nSPS) is 15.0. The van der Waals surface area contributed by atoms with Gasteiger partial charge in [-0.25, -0.2) is 0 Å². The Balaban J connectivity index is 1.44. The number of likely N-dealkylation sites (tertiary alicyclic amines) is 1. The Morgan fingerprint density at radius 3 is 2.33 bits per heavy atom. The Bertz CT molecular complexity index is 745. The minimum atomic E-state index is -0.0942. The molecular weight excluding hydrogens is 336 g/mol. The van der Waals surface area contributed by atoms with Crippen LogP contribution >= 0.6 is 0 Å². The average Bonchev–Trinajstić information content (AvgIpc) is 2.73. The highest BCUT2D eigenvalue weighted by Gasteiger charge is 2.10. The Kier molecular flexibility index (Phi) is 7.05. The van der Waals surface area contributed by atoms with Gasteiger partial charge in [-0.15, -0.1) is 0 Å². The molecule has 1 aliphatic rings. The van der Waals surface area contributed by atoms with E-state index in [1.54, 1.807) is 19.3 Å². The summed E-state index contributed by atoms with van der Waals surface area (Å²) < 4.78 is 5.13. The number of rotatable bonds is 7. The molecule has 0 aromatic heterocycles. The van der Waals surface area contributed by atoms with Crippen molar-refractivity contribution < 1.29 is 9.53 Å². The molecule has 0 aliphatic carbocycles. The molecule has 4 nitrogen and oxygen atoms in total. The van der Waals surface area contributed by atoms with Crippen LogP contribution in [-0.2, 0) is 17.9 Å². The summed E-state index contributed by atoms with van der Waals surface area (Å²) in [6.07, 6.45) is 7.35. The molecule has 1 saturated heterocycles. The van der Waals surface area contributed by atoms with E-state index in [1.807, 2.05) is 24.3 Å². The van der Waals surface area contributed by atoms with E-state index in [9.17, 15) is 4.79 Å². The predicted octanol–water partition coefficient (Wildman–Crippen LogP) is 4.01. The average molecular weight is 364 g/mol. The molecule has 1 heterocycles. The molecule has 0 radical (unpaired) electrons. The summed E-state index contributed by atoms with van der Waals surface area (Å²) in [6.45, 7) is 3.98. The van der Waals surface area contributed by atoms with E-state index in [0.29, 0.717) is 6.54 Å². The molecule has 2 aromatic rings. The molecule has 1 fully saturated rings. The molecule has 0 atom stereocenters. The first-order valence-corrected chi connectivity index (χ1v) is 9.63. The van der Waals surface area contributed by atoms with Crippen LogP contribution in [0.3, 0.4) is 0 Å². The van der Waals surface area contributed by atoms with E-state index in [-0.39, 0.29) is 5.91 Å². The maximum atomic E-state index is 12.0. The second-order valence-electron chi connectivity index (χ2n) is 6.98. The molecule has 0 spiro atoms.